The highest BCUT2D eigenvalue weighted by Gasteiger charge is 2.27. The van der Waals surface area contributed by atoms with Crippen molar-refractivity contribution in [1.29, 1.82) is 0 Å². The van der Waals surface area contributed by atoms with Crippen molar-refractivity contribution in [2.75, 3.05) is 7.11 Å². The minimum absolute atomic E-state index is 0.249. The molecule has 0 N–H and O–H groups in total. The van der Waals surface area contributed by atoms with Crippen LogP contribution < -0.4 is 0 Å². The van der Waals surface area contributed by atoms with Gasteiger partial charge in [0.2, 0.25) is 0 Å². The second-order valence-electron chi connectivity index (χ2n) is 3.31. The summed E-state index contributed by atoms with van der Waals surface area (Å²) < 4.78 is 4.38. The summed E-state index contributed by atoms with van der Waals surface area (Å²) >= 11 is 0. The summed E-state index contributed by atoms with van der Waals surface area (Å²) in [6.45, 7) is 2.49. The molecule has 0 spiro atoms. The molecule has 0 saturated carbocycles. The van der Waals surface area contributed by atoms with Gasteiger partial charge in [0.25, 0.3) is 0 Å². The predicted octanol–water partition coefficient (Wildman–Crippen LogP) is 0.303. The van der Waals surface area contributed by atoms with Crippen molar-refractivity contribution < 1.29 is 23.9 Å². The van der Waals surface area contributed by atoms with Crippen molar-refractivity contribution >= 4 is 23.3 Å². The highest BCUT2D eigenvalue weighted by atomic mass is 16.5. The first-order valence-corrected chi connectivity index (χ1v) is 4.48. The highest BCUT2D eigenvalue weighted by molar-refractivity contribution is 6.05. The second kappa shape index (κ2) is 6.06. The molecule has 0 aromatic rings. The van der Waals surface area contributed by atoms with Crippen molar-refractivity contribution in [3.63, 3.8) is 0 Å². The molecule has 0 amide bonds. The quantitative estimate of drug-likeness (QED) is 0.469. The Bertz CT molecular complexity index is 292. The summed E-state index contributed by atoms with van der Waals surface area (Å²) in [7, 11) is 1.15. The van der Waals surface area contributed by atoms with E-state index in [0.717, 1.165) is 7.11 Å². The summed E-state index contributed by atoms with van der Waals surface area (Å²) in [5, 5.41) is 0. The first-order valence-electron chi connectivity index (χ1n) is 4.48. The van der Waals surface area contributed by atoms with Crippen molar-refractivity contribution in [1.82, 2.24) is 0 Å². The molecule has 0 saturated heterocycles. The normalized spacial score (nSPS) is 11.7. The lowest BCUT2D eigenvalue weighted by Gasteiger charge is -2.09. The molecule has 0 aliphatic carbocycles. The average Bonchev–Trinajstić information content (AvgIpc) is 2.11. The molecule has 0 radical (unpaired) electrons. The van der Waals surface area contributed by atoms with Crippen LogP contribution in [0, 0.1) is 5.92 Å². The van der Waals surface area contributed by atoms with Gasteiger partial charge in [0, 0.05) is 6.42 Å². The molecule has 0 rings (SSSR count). The summed E-state index contributed by atoms with van der Waals surface area (Å²) in [6.07, 6.45) is -0.512. The van der Waals surface area contributed by atoms with Gasteiger partial charge in [-0.25, -0.2) is 0 Å². The molecule has 0 bridgehead atoms. The number of Topliss-reactive ketones (excluding diaryl/α,β-unsaturated/α-hetero) is 3. The first-order chi connectivity index (χ1) is 6.88. The van der Waals surface area contributed by atoms with Gasteiger partial charge in [-0.3, -0.25) is 19.2 Å². The Hall–Kier alpha value is -1.52. The third-order valence-electron chi connectivity index (χ3n) is 1.85. The lowest BCUT2D eigenvalue weighted by molar-refractivity contribution is -0.151. The number of esters is 1. The van der Waals surface area contributed by atoms with E-state index in [0.29, 0.717) is 0 Å². The monoisotopic (exact) mass is 214 g/mol. The number of ether oxygens (including phenoxy) is 1. The molecule has 5 nitrogen and oxygen atoms in total. The van der Waals surface area contributed by atoms with Gasteiger partial charge in [-0.15, -0.1) is 0 Å². The van der Waals surface area contributed by atoms with Crippen LogP contribution in [-0.4, -0.2) is 30.4 Å². The van der Waals surface area contributed by atoms with Crippen molar-refractivity contribution in [3.05, 3.63) is 0 Å². The van der Waals surface area contributed by atoms with E-state index in [4.69, 9.17) is 0 Å². The van der Waals surface area contributed by atoms with E-state index < -0.39 is 23.5 Å². The molecule has 0 fully saturated rings. The molecule has 1 atom stereocenters. The lowest BCUT2D eigenvalue weighted by Crippen LogP contribution is -2.26. The lowest BCUT2D eigenvalue weighted by atomic mass is 9.97. The third-order valence-corrected chi connectivity index (χ3v) is 1.85. The Kier molecular flexibility index (Phi) is 5.44. The number of hydrogen-bond acceptors (Lipinski definition) is 5. The van der Waals surface area contributed by atoms with Crippen molar-refractivity contribution in [2.45, 2.75) is 26.7 Å². The van der Waals surface area contributed by atoms with Crippen molar-refractivity contribution in [2.24, 2.45) is 5.92 Å². The maximum atomic E-state index is 11.2. The van der Waals surface area contributed by atoms with Gasteiger partial charge in [-0.2, -0.15) is 0 Å². The van der Waals surface area contributed by atoms with E-state index in [2.05, 4.69) is 4.74 Å². The van der Waals surface area contributed by atoms with Crippen LogP contribution in [0.25, 0.3) is 0 Å². The zero-order chi connectivity index (χ0) is 12.0. The standard InChI is InChI=1S/C10H14O5/c1-6(11)4-8(13)5-9(7(2)12)10(14)15-3/h9H,4-5H2,1-3H3. The molecule has 15 heavy (non-hydrogen) atoms. The summed E-state index contributed by atoms with van der Waals surface area (Å²) in [5.74, 6) is -2.96. The van der Waals surface area contributed by atoms with Gasteiger partial charge >= 0.3 is 5.97 Å². The molecule has 1 unspecified atom stereocenters. The maximum absolute atomic E-state index is 11.2. The van der Waals surface area contributed by atoms with Crippen LogP contribution in [0.15, 0.2) is 0 Å². The van der Waals surface area contributed by atoms with E-state index in [1.54, 1.807) is 0 Å². The fraction of sp³-hybridized carbons (Fsp3) is 0.600. The predicted molar refractivity (Wildman–Crippen MR) is 51.1 cm³/mol. The van der Waals surface area contributed by atoms with E-state index in [9.17, 15) is 19.2 Å². The third kappa shape index (κ3) is 5.05. The minimum atomic E-state index is -1.08. The Morgan fingerprint density at radius 1 is 1.13 bits per heavy atom. The van der Waals surface area contributed by atoms with Crippen LogP contribution in [0.2, 0.25) is 0 Å². The Morgan fingerprint density at radius 3 is 2.00 bits per heavy atom. The number of ketones is 3. The Balaban J connectivity index is 4.42. The molecule has 0 aromatic heterocycles. The SMILES string of the molecule is COC(=O)C(CC(=O)CC(C)=O)C(C)=O. The molecular weight excluding hydrogens is 200 g/mol. The number of carbonyl (C=O) groups is 4. The molecule has 0 aliphatic rings. The van der Waals surface area contributed by atoms with Gasteiger partial charge in [0.15, 0.2) is 0 Å². The second-order valence-corrected chi connectivity index (χ2v) is 3.31. The van der Waals surface area contributed by atoms with Gasteiger partial charge in [0.1, 0.15) is 23.3 Å². The Labute approximate surface area is 87.8 Å². The van der Waals surface area contributed by atoms with Crippen LogP contribution in [0.4, 0.5) is 0 Å². The van der Waals surface area contributed by atoms with Crippen LogP contribution >= 0.6 is 0 Å². The Morgan fingerprint density at radius 2 is 1.67 bits per heavy atom. The summed E-state index contributed by atoms with van der Waals surface area (Å²) in [6, 6.07) is 0. The van der Waals surface area contributed by atoms with E-state index in [1.807, 2.05) is 0 Å². The zero-order valence-electron chi connectivity index (χ0n) is 9.03. The van der Waals surface area contributed by atoms with Crippen LogP contribution in [0.1, 0.15) is 26.7 Å². The largest absolute Gasteiger partial charge is 0.468 e. The van der Waals surface area contributed by atoms with Gasteiger partial charge < -0.3 is 4.74 Å². The van der Waals surface area contributed by atoms with E-state index in [-0.39, 0.29) is 18.6 Å². The fourth-order valence-electron chi connectivity index (χ4n) is 1.11. The molecule has 0 aromatic carbocycles. The maximum Gasteiger partial charge on any atom is 0.316 e. The molecular formula is C10H14O5. The number of hydrogen-bond donors (Lipinski definition) is 0. The molecule has 5 heteroatoms. The number of methoxy groups -OCH3 is 1. The number of rotatable bonds is 6. The van der Waals surface area contributed by atoms with Gasteiger partial charge in [-0.05, 0) is 13.8 Å². The highest BCUT2D eigenvalue weighted by Crippen LogP contribution is 2.09. The smallest absolute Gasteiger partial charge is 0.316 e. The summed E-state index contributed by atoms with van der Waals surface area (Å²) in [4.78, 5) is 44.0. The zero-order valence-corrected chi connectivity index (χ0v) is 9.03. The van der Waals surface area contributed by atoms with Crippen LogP contribution in [0.3, 0.4) is 0 Å². The number of carbonyl (C=O) groups excluding carboxylic acids is 4. The van der Waals surface area contributed by atoms with Crippen molar-refractivity contribution in [3.8, 4) is 0 Å². The van der Waals surface area contributed by atoms with E-state index >= 15 is 0 Å². The fourth-order valence-corrected chi connectivity index (χ4v) is 1.11. The molecule has 0 aliphatic heterocycles. The van der Waals surface area contributed by atoms with Crippen LogP contribution in [0.5, 0.6) is 0 Å². The van der Waals surface area contributed by atoms with Gasteiger partial charge in [-0.1, -0.05) is 0 Å². The summed E-state index contributed by atoms with van der Waals surface area (Å²) in [5.41, 5.74) is 0. The average molecular weight is 214 g/mol. The van der Waals surface area contributed by atoms with E-state index in [1.165, 1.54) is 13.8 Å². The van der Waals surface area contributed by atoms with Gasteiger partial charge in [0.05, 0.1) is 13.5 Å². The minimum Gasteiger partial charge on any atom is -0.468 e. The topological polar surface area (TPSA) is 77.5 Å². The first kappa shape index (κ1) is 13.5. The van der Waals surface area contributed by atoms with Crippen LogP contribution in [-0.2, 0) is 23.9 Å². The molecule has 84 valence electrons. The molecule has 0 heterocycles.